The van der Waals surface area contributed by atoms with Crippen molar-refractivity contribution in [2.24, 2.45) is 0 Å². The van der Waals surface area contributed by atoms with E-state index in [0.29, 0.717) is 10.6 Å². The Morgan fingerprint density at radius 1 is 1.50 bits per heavy atom. The third-order valence-electron chi connectivity index (χ3n) is 3.60. The fourth-order valence-electron chi connectivity index (χ4n) is 2.29. The number of hydrogen-bond acceptors (Lipinski definition) is 2. The first kappa shape index (κ1) is 12.8. The second kappa shape index (κ2) is 4.73. The van der Waals surface area contributed by atoms with Gasteiger partial charge in [0, 0.05) is 15.8 Å². The van der Waals surface area contributed by atoms with E-state index in [4.69, 9.17) is 11.6 Å². The van der Waals surface area contributed by atoms with Gasteiger partial charge in [0.25, 0.3) is 0 Å². The molecule has 0 amide bonds. The average molecular weight is 346 g/mol. The topological polar surface area (TPSA) is 17.8 Å². The van der Waals surface area contributed by atoms with Gasteiger partial charge in [-0.2, -0.15) is 11.8 Å². The maximum atomic E-state index is 6.03. The summed E-state index contributed by atoms with van der Waals surface area (Å²) in [5, 5.41) is 0. The normalized spacial score (nSPS) is 17.3. The molecule has 5 heteroatoms. The molecule has 0 atom stereocenters. The van der Waals surface area contributed by atoms with Gasteiger partial charge >= 0.3 is 0 Å². The number of aromatic nitrogens is 2. The largest absolute Gasteiger partial charge is 0.326 e. The van der Waals surface area contributed by atoms with Crippen molar-refractivity contribution in [1.82, 2.24) is 9.55 Å². The van der Waals surface area contributed by atoms with E-state index in [1.54, 1.807) is 0 Å². The standard InChI is InChI=1S/C13H14BrClN2S/c1-18-13(4-5-13)8-17-11-3-2-9(14)6-10(11)16-12(17)7-15/h2-3,6H,4-5,7-8H2,1H3. The van der Waals surface area contributed by atoms with Crippen LogP contribution in [0.15, 0.2) is 22.7 Å². The molecular weight excluding hydrogens is 332 g/mol. The molecule has 0 spiro atoms. The fourth-order valence-corrected chi connectivity index (χ4v) is 3.61. The highest BCUT2D eigenvalue weighted by Gasteiger charge is 2.42. The van der Waals surface area contributed by atoms with Crippen molar-refractivity contribution in [3.05, 3.63) is 28.5 Å². The van der Waals surface area contributed by atoms with E-state index >= 15 is 0 Å². The van der Waals surface area contributed by atoms with Gasteiger partial charge in [-0.05, 0) is 37.3 Å². The first-order valence-corrected chi connectivity index (χ1v) is 8.48. The molecule has 2 aromatic rings. The van der Waals surface area contributed by atoms with Crippen LogP contribution in [-0.2, 0) is 12.4 Å². The lowest BCUT2D eigenvalue weighted by Gasteiger charge is -2.15. The Balaban J connectivity index is 2.08. The molecule has 0 unspecified atom stereocenters. The van der Waals surface area contributed by atoms with Crippen molar-refractivity contribution in [2.75, 3.05) is 6.26 Å². The first-order valence-electron chi connectivity index (χ1n) is 5.93. The van der Waals surface area contributed by atoms with Crippen molar-refractivity contribution in [3.8, 4) is 0 Å². The van der Waals surface area contributed by atoms with Crippen LogP contribution >= 0.6 is 39.3 Å². The summed E-state index contributed by atoms with van der Waals surface area (Å²) in [4.78, 5) is 4.63. The van der Waals surface area contributed by atoms with Crippen LogP contribution in [0.3, 0.4) is 0 Å². The van der Waals surface area contributed by atoms with Crippen LogP contribution in [0.1, 0.15) is 18.7 Å². The number of rotatable bonds is 4. The Labute approximate surface area is 124 Å². The molecule has 1 aliphatic rings. The number of imidazole rings is 1. The van der Waals surface area contributed by atoms with Crippen LogP contribution in [0.4, 0.5) is 0 Å². The Morgan fingerprint density at radius 2 is 2.28 bits per heavy atom. The molecule has 2 nitrogen and oxygen atoms in total. The molecular formula is C13H14BrClN2S. The lowest BCUT2D eigenvalue weighted by Crippen LogP contribution is -2.15. The van der Waals surface area contributed by atoms with E-state index in [0.717, 1.165) is 22.4 Å². The average Bonchev–Trinajstić information content (AvgIpc) is 3.07. The summed E-state index contributed by atoms with van der Waals surface area (Å²) < 4.78 is 3.77. The van der Waals surface area contributed by atoms with E-state index in [9.17, 15) is 0 Å². The summed E-state index contributed by atoms with van der Waals surface area (Å²) >= 11 is 11.5. The van der Waals surface area contributed by atoms with Crippen LogP contribution in [0, 0.1) is 0 Å². The van der Waals surface area contributed by atoms with Crippen molar-refractivity contribution in [2.45, 2.75) is 30.0 Å². The molecule has 1 aromatic carbocycles. The fraction of sp³-hybridized carbons (Fsp3) is 0.462. The summed E-state index contributed by atoms with van der Waals surface area (Å²) in [6, 6.07) is 6.25. The minimum Gasteiger partial charge on any atom is -0.326 e. The predicted molar refractivity (Wildman–Crippen MR) is 82.5 cm³/mol. The van der Waals surface area contributed by atoms with E-state index < -0.39 is 0 Å². The zero-order chi connectivity index (χ0) is 12.8. The molecule has 3 rings (SSSR count). The van der Waals surface area contributed by atoms with Gasteiger partial charge in [-0.3, -0.25) is 0 Å². The van der Waals surface area contributed by atoms with Crippen LogP contribution < -0.4 is 0 Å². The molecule has 0 N–H and O–H groups in total. The third-order valence-corrected chi connectivity index (χ3v) is 5.73. The number of hydrogen-bond donors (Lipinski definition) is 0. The third kappa shape index (κ3) is 2.19. The zero-order valence-corrected chi connectivity index (χ0v) is 13.3. The molecule has 1 heterocycles. The number of benzene rings is 1. The Morgan fingerprint density at radius 3 is 2.89 bits per heavy atom. The molecule has 0 saturated heterocycles. The van der Waals surface area contributed by atoms with Gasteiger partial charge in [0.1, 0.15) is 5.82 Å². The van der Waals surface area contributed by atoms with Gasteiger partial charge in [0.05, 0.1) is 16.9 Å². The molecule has 0 aliphatic heterocycles. The maximum absolute atomic E-state index is 6.03. The molecule has 1 saturated carbocycles. The van der Waals surface area contributed by atoms with E-state index in [2.05, 4.69) is 49.9 Å². The second-order valence-electron chi connectivity index (χ2n) is 4.77. The number of halogens is 2. The number of thioether (sulfide) groups is 1. The van der Waals surface area contributed by atoms with Gasteiger partial charge in [-0.25, -0.2) is 4.98 Å². The summed E-state index contributed by atoms with van der Waals surface area (Å²) in [6.45, 7) is 1.02. The number of alkyl halides is 1. The quantitative estimate of drug-likeness (QED) is 0.763. The van der Waals surface area contributed by atoms with E-state index in [-0.39, 0.29) is 0 Å². The van der Waals surface area contributed by atoms with Crippen LogP contribution in [0.5, 0.6) is 0 Å². The Kier molecular flexibility index (Phi) is 3.37. The minimum absolute atomic E-state index is 0.418. The Hall–Kier alpha value is -0.190. The van der Waals surface area contributed by atoms with Crippen molar-refractivity contribution in [3.63, 3.8) is 0 Å². The Bertz CT molecular complexity index is 592. The van der Waals surface area contributed by atoms with Crippen LogP contribution in [0.25, 0.3) is 11.0 Å². The molecule has 18 heavy (non-hydrogen) atoms. The molecule has 1 fully saturated rings. The molecule has 0 bridgehead atoms. The lowest BCUT2D eigenvalue weighted by molar-refractivity contribution is 0.655. The zero-order valence-electron chi connectivity index (χ0n) is 10.1. The van der Waals surface area contributed by atoms with Gasteiger partial charge < -0.3 is 4.57 Å². The van der Waals surface area contributed by atoms with E-state index in [1.807, 2.05) is 11.8 Å². The highest BCUT2D eigenvalue weighted by molar-refractivity contribution is 9.10. The first-order chi connectivity index (χ1) is 8.67. The summed E-state index contributed by atoms with van der Waals surface area (Å²) in [5.41, 5.74) is 2.21. The van der Waals surface area contributed by atoms with Crippen molar-refractivity contribution < 1.29 is 0 Å². The van der Waals surface area contributed by atoms with Crippen molar-refractivity contribution >= 4 is 50.3 Å². The summed E-state index contributed by atoms with van der Waals surface area (Å²) in [7, 11) is 0. The molecule has 1 aromatic heterocycles. The van der Waals surface area contributed by atoms with Crippen LogP contribution in [0.2, 0.25) is 0 Å². The minimum atomic E-state index is 0.418. The predicted octanol–water partition coefficient (Wildman–Crippen LogP) is 4.43. The monoisotopic (exact) mass is 344 g/mol. The summed E-state index contributed by atoms with van der Waals surface area (Å²) in [6.07, 6.45) is 4.79. The highest BCUT2D eigenvalue weighted by Crippen LogP contribution is 2.49. The molecule has 1 aliphatic carbocycles. The van der Waals surface area contributed by atoms with Gasteiger partial charge in [0.2, 0.25) is 0 Å². The number of fused-ring (bicyclic) bond motifs is 1. The second-order valence-corrected chi connectivity index (χ2v) is 7.23. The lowest BCUT2D eigenvalue weighted by atomic mass is 10.3. The van der Waals surface area contributed by atoms with Gasteiger partial charge in [-0.15, -0.1) is 11.6 Å². The van der Waals surface area contributed by atoms with Crippen LogP contribution in [-0.4, -0.2) is 20.6 Å². The highest BCUT2D eigenvalue weighted by atomic mass is 79.9. The van der Waals surface area contributed by atoms with Gasteiger partial charge in [-0.1, -0.05) is 15.9 Å². The van der Waals surface area contributed by atoms with Gasteiger partial charge in [0.15, 0.2) is 0 Å². The SMILES string of the molecule is CSC1(Cn2c(CCl)nc3cc(Br)ccc32)CC1. The van der Waals surface area contributed by atoms with Crippen molar-refractivity contribution in [1.29, 1.82) is 0 Å². The molecule has 96 valence electrons. The van der Waals surface area contributed by atoms with E-state index in [1.165, 1.54) is 18.4 Å². The maximum Gasteiger partial charge on any atom is 0.124 e. The number of nitrogens with zero attached hydrogens (tertiary/aromatic N) is 2. The smallest absolute Gasteiger partial charge is 0.124 e. The molecule has 0 radical (unpaired) electrons. The summed E-state index contributed by atoms with van der Waals surface area (Å²) in [5.74, 6) is 1.45.